The summed E-state index contributed by atoms with van der Waals surface area (Å²) >= 11 is 0. The third kappa shape index (κ3) is 3.82. The van der Waals surface area contributed by atoms with Crippen LogP contribution < -0.4 is 4.74 Å². The molecule has 8 nitrogen and oxygen atoms in total. The van der Waals surface area contributed by atoms with Crippen molar-refractivity contribution in [2.75, 3.05) is 32.8 Å². The van der Waals surface area contributed by atoms with E-state index in [1.807, 2.05) is 4.90 Å². The topological polar surface area (TPSA) is 93.0 Å². The molecule has 2 amide bonds. The maximum absolute atomic E-state index is 13.7. The Morgan fingerprint density at radius 3 is 2.12 bits per heavy atom. The smallest absolute Gasteiger partial charge is 0.305 e. The number of hydrogen-bond acceptors (Lipinski definition) is 5. The summed E-state index contributed by atoms with van der Waals surface area (Å²) in [5, 5.41) is 10.7. The molecule has 172 valence electrons. The summed E-state index contributed by atoms with van der Waals surface area (Å²) in [6, 6.07) is 3.20. The van der Waals surface area contributed by atoms with Gasteiger partial charge in [0.1, 0.15) is 5.75 Å². The van der Waals surface area contributed by atoms with E-state index in [2.05, 4.69) is 0 Å². The quantitative estimate of drug-likeness (QED) is 0.513. The van der Waals surface area contributed by atoms with Crippen molar-refractivity contribution in [1.82, 2.24) is 9.80 Å². The van der Waals surface area contributed by atoms with Gasteiger partial charge in [0.25, 0.3) is 5.91 Å². The molecule has 4 saturated carbocycles. The number of nitro groups is 1. The van der Waals surface area contributed by atoms with E-state index in [0.29, 0.717) is 32.1 Å². The molecule has 1 aliphatic heterocycles. The number of nitro benzene ring substituents is 1. The molecule has 32 heavy (non-hydrogen) atoms. The average Bonchev–Trinajstić information content (AvgIpc) is 2.76. The summed E-state index contributed by atoms with van der Waals surface area (Å²) < 4.78 is 19.1. The van der Waals surface area contributed by atoms with E-state index in [1.165, 1.54) is 25.3 Å². The lowest BCUT2D eigenvalue weighted by molar-refractivity contribution is -0.387. The maximum Gasteiger partial charge on any atom is 0.305 e. The minimum Gasteiger partial charge on any atom is -0.484 e. The van der Waals surface area contributed by atoms with E-state index in [-0.39, 0.29) is 23.7 Å². The third-order valence-electron chi connectivity index (χ3n) is 7.89. The molecule has 1 aromatic rings. The largest absolute Gasteiger partial charge is 0.484 e. The molecule has 1 heterocycles. The van der Waals surface area contributed by atoms with Crippen molar-refractivity contribution in [3.05, 3.63) is 34.1 Å². The molecule has 9 heteroatoms. The lowest BCUT2D eigenvalue weighted by atomic mass is 9.49. The Balaban J connectivity index is 1.13. The zero-order valence-electron chi connectivity index (χ0n) is 18.0. The van der Waals surface area contributed by atoms with Crippen LogP contribution in [0.4, 0.5) is 10.1 Å². The minimum atomic E-state index is -1.00. The normalized spacial score (nSPS) is 31.0. The molecule has 0 spiro atoms. The van der Waals surface area contributed by atoms with Gasteiger partial charge in [-0.1, -0.05) is 0 Å². The van der Waals surface area contributed by atoms with Crippen LogP contribution >= 0.6 is 0 Å². The number of halogens is 1. The molecular weight excluding hydrogens is 417 g/mol. The molecule has 5 aliphatic rings. The predicted molar refractivity (Wildman–Crippen MR) is 112 cm³/mol. The second-order valence-corrected chi connectivity index (χ2v) is 10.0. The van der Waals surface area contributed by atoms with E-state index < -0.39 is 16.4 Å². The van der Waals surface area contributed by atoms with Gasteiger partial charge in [0, 0.05) is 38.3 Å². The van der Waals surface area contributed by atoms with Crippen molar-refractivity contribution in [1.29, 1.82) is 0 Å². The van der Waals surface area contributed by atoms with Crippen LogP contribution in [0.2, 0.25) is 0 Å². The fourth-order valence-corrected chi connectivity index (χ4v) is 6.83. The summed E-state index contributed by atoms with van der Waals surface area (Å²) in [7, 11) is 0. The fourth-order valence-electron chi connectivity index (χ4n) is 6.83. The molecule has 5 fully saturated rings. The molecule has 0 N–H and O–H groups in total. The summed E-state index contributed by atoms with van der Waals surface area (Å²) in [5.41, 5.74) is -0.798. The van der Waals surface area contributed by atoms with E-state index in [9.17, 15) is 24.1 Å². The lowest BCUT2D eigenvalue weighted by Gasteiger charge is -2.57. The minimum absolute atomic E-state index is 0.0667. The van der Waals surface area contributed by atoms with Gasteiger partial charge in [-0.05, 0) is 62.3 Å². The number of ether oxygens (including phenoxy) is 1. The molecule has 1 aromatic carbocycles. The first-order valence-corrected chi connectivity index (χ1v) is 11.5. The average molecular weight is 445 g/mol. The molecule has 0 atom stereocenters. The Morgan fingerprint density at radius 1 is 1.03 bits per heavy atom. The number of carbonyl (C=O) groups excluding carboxylic acids is 2. The van der Waals surface area contributed by atoms with Crippen LogP contribution in [-0.4, -0.2) is 59.3 Å². The van der Waals surface area contributed by atoms with Crippen molar-refractivity contribution >= 4 is 17.5 Å². The van der Waals surface area contributed by atoms with Gasteiger partial charge in [0.15, 0.2) is 6.61 Å². The van der Waals surface area contributed by atoms with Gasteiger partial charge in [0.2, 0.25) is 11.7 Å². The number of benzene rings is 1. The molecule has 0 unspecified atom stereocenters. The van der Waals surface area contributed by atoms with E-state index >= 15 is 0 Å². The highest BCUT2D eigenvalue weighted by Crippen LogP contribution is 2.60. The van der Waals surface area contributed by atoms with Crippen LogP contribution in [0.15, 0.2) is 18.2 Å². The van der Waals surface area contributed by atoms with Gasteiger partial charge in [-0.2, -0.15) is 4.39 Å². The summed E-state index contributed by atoms with van der Waals surface area (Å²) in [6.07, 6.45) is 7.01. The summed E-state index contributed by atoms with van der Waals surface area (Å²) in [6.45, 7) is 1.68. The standard InChI is InChI=1S/C23H28FN3O5/c24-19-10-18(1-2-20(19)27(30)31)32-14-21(28)25-3-5-26(6-4-25)22(29)23-11-15-7-16(12-23)9-17(8-15)13-23/h1-2,10,15-17H,3-9,11-14H2. The Kier molecular flexibility index (Phi) is 5.29. The zero-order valence-corrected chi connectivity index (χ0v) is 18.0. The highest BCUT2D eigenvalue weighted by atomic mass is 19.1. The Hall–Kier alpha value is -2.71. The van der Waals surface area contributed by atoms with Gasteiger partial charge in [-0.25, -0.2) is 0 Å². The van der Waals surface area contributed by atoms with Crippen LogP contribution in [0, 0.1) is 39.1 Å². The van der Waals surface area contributed by atoms with Crippen molar-refractivity contribution in [3.8, 4) is 5.75 Å². The van der Waals surface area contributed by atoms with Crippen LogP contribution in [0.1, 0.15) is 38.5 Å². The molecule has 4 aliphatic carbocycles. The van der Waals surface area contributed by atoms with Crippen LogP contribution in [0.5, 0.6) is 5.75 Å². The maximum atomic E-state index is 13.7. The van der Waals surface area contributed by atoms with Crippen molar-refractivity contribution < 1.29 is 23.6 Å². The van der Waals surface area contributed by atoms with E-state index in [1.54, 1.807) is 4.90 Å². The van der Waals surface area contributed by atoms with Crippen LogP contribution in [0.3, 0.4) is 0 Å². The van der Waals surface area contributed by atoms with E-state index in [0.717, 1.165) is 49.1 Å². The molecule has 4 bridgehead atoms. The first-order chi connectivity index (χ1) is 15.3. The van der Waals surface area contributed by atoms with Crippen molar-refractivity contribution in [2.45, 2.75) is 38.5 Å². The predicted octanol–water partition coefficient (Wildman–Crippen LogP) is 3.00. The Labute approximate surface area is 185 Å². The monoisotopic (exact) mass is 445 g/mol. The van der Waals surface area contributed by atoms with Crippen LogP contribution in [0.25, 0.3) is 0 Å². The number of hydrogen-bond donors (Lipinski definition) is 0. The van der Waals surface area contributed by atoms with E-state index in [4.69, 9.17) is 4.74 Å². The Bertz CT molecular complexity index is 908. The Morgan fingerprint density at radius 2 is 1.59 bits per heavy atom. The fraction of sp³-hybridized carbons (Fsp3) is 0.652. The number of piperazine rings is 1. The van der Waals surface area contributed by atoms with Crippen molar-refractivity contribution in [2.24, 2.45) is 23.2 Å². The molecule has 1 saturated heterocycles. The number of nitrogens with zero attached hydrogens (tertiary/aromatic N) is 3. The highest BCUT2D eigenvalue weighted by Gasteiger charge is 2.55. The highest BCUT2D eigenvalue weighted by molar-refractivity contribution is 5.84. The van der Waals surface area contributed by atoms with Crippen molar-refractivity contribution in [3.63, 3.8) is 0 Å². The second kappa shape index (κ2) is 8.01. The van der Waals surface area contributed by atoms with Gasteiger partial charge in [-0.3, -0.25) is 19.7 Å². The number of carbonyl (C=O) groups is 2. The molecule has 0 aromatic heterocycles. The number of rotatable bonds is 5. The molecule has 0 radical (unpaired) electrons. The zero-order chi connectivity index (χ0) is 22.5. The number of amides is 2. The third-order valence-corrected chi connectivity index (χ3v) is 7.89. The SMILES string of the molecule is O=C(COc1ccc([N+](=O)[O-])c(F)c1)N1CCN(C(=O)C23CC4CC(CC(C4)C2)C3)CC1. The van der Waals surface area contributed by atoms with Gasteiger partial charge < -0.3 is 14.5 Å². The van der Waals surface area contributed by atoms with Crippen LogP contribution in [-0.2, 0) is 9.59 Å². The van der Waals surface area contributed by atoms with Gasteiger partial charge in [0.05, 0.1) is 10.3 Å². The summed E-state index contributed by atoms with van der Waals surface area (Å²) in [5.74, 6) is 1.26. The lowest BCUT2D eigenvalue weighted by Crippen LogP contribution is -2.58. The van der Waals surface area contributed by atoms with Gasteiger partial charge in [-0.15, -0.1) is 0 Å². The summed E-state index contributed by atoms with van der Waals surface area (Å²) in [4.78, 5) is 39.5. The second-order valence-electron chi connectivity index (χ2n) is 10.0. The first kappa shape index (κ1) is 21.2. The van der Waals surface area contributed by atoms with Gasteiger partial charge >= 0.3 is 5.69 Å². The molecular formula is C23H28FN3O5. The molecule has 6 rings (SSSR count). The first-order valence-electron chi connectivity index (χ1n) is 11.5.